The smallest absolute Gasteiger partial charge is 0.252 e. The molecule has 1 aromatic rings. The van der Waals surface area contributed by atoms with Gasteiger partial charge in [-0.3, -0.25) is 14.4 Å². The van der Waals surface area contributed by atoms with Gasteiger partial charge in [-0.25, -0.2) is 0 Å². The molecule has 2 amide bonds. The number of nitrogens with zero attached hydrogens (tertiary/aromatic N) is 6. The maximum Gasteiger partial charge on any atom is 0.252 e. The zero-order valence-corrected chi connectivity index (χ0v) is 20.6. The van der Waals surface area contributed by atoms with E-state index in [0.717, 1.165) is 51.3 Å². The summed E-state index contributed by atoms with van der Waals surface area (Å²) in [5, 5.41) is 6.80. The second-order valence-corrected chi connectivity index (χ2v) is 10.1. The van der Waals surface area contributed by atoms with Crippen molar-refractivity contribution in [2.45, 2.75) is 56.3 Å². The lowest BCUT2D eigenvalue weighted by Gasteiger charge is -2.36. The number of Topliss-reactive ketones (excluding diaryl/α,β-unsaturated/α-hetero) is 1. The summed E-state index contributed by atoms with van der Waals surface area (Å²) in [6.45, 7) is 7.19. The fourth-order valence-electron chi connectivity index (χ4n) is 6.09. The standard InChI is InChI=1S/C25H33N7O4/c1-2-30-11-13-31(14-12-30)18-7-5-17(6-8-18)23(34)27-25(9-3-4-10-25)24(35)32-15-19(28-29-26)22-21(32)20(33)16-36-22/h5-8,19,21-22H,2-4,9-16H2,1H3,(H,27,34)/t19-,21+,22+/m0/s1. The number of nitrogens with one attached hydrogen (secondary N) is 1. The van der Waals surface area contributed by atoms with Gasteiger partial charge >= 0.3 is 0 Å². The lowest BCUT2D eigenvalue weighted by atomic mass is 9.93. The number of carbonyl (C=O) groups excluding carboxylic acids is 3. The number of benzene rings is 1. The minimum absolute atomic E-state index is 0.101. The van der Waals surface area contributed by atoms with E-state index in [4.69, 9.17) is 10.3 Å². The number of fused-ring (bicyclic) bond motifs is 1. The summed E-state index contributed by atoms with van der Waals surface area (Å²) >= 11 is 0. The van der Waals surface area contributed by atoms with Gasteiger partial charge in [-0.05, 0) is 49.2 Å². The summed E-state index contributed by atoms with van der Waals surface area (Å²) in [6, 6.07) is 6.16. The molecule has 3 saturated heterocycles. The Morgan fingerprint density at radius 1 is 1.17 bits per heavy atom. The molecule has 1 saturated carbocycles. The molecule has 3 atom stereocenters. The van der Waals surface area contributed by atoms with Crippen LogP contribution in [0.4, 0.5) is 5.69 Å². The summed E-state index contributed by atoms with van der Waals surface area (Å²) in [5.41, 5.74) is 9.43. The molecular formula is C25H33N7O4. The number of amides is 2. The third-order valence-electron chi connectivity index (χ3n) is 8.15. The third-order valence-corrected chi connectivity index (χ3v) is 8.15. The van der Waals surface area contributed by atoms with Gasteiger partial charge in [-0.15, -0.1) is 0 Å². The second kappa shape index (κ2) is 10.1. The van der Waals surface area contributed by atoms with Gasteiger partial charge in [0.25, 0.3) is 5.91 Å². The highest BCUT2D eigenvalue weighted by Crippen LogP contribution is 2.37. The van der Waals surface area contributed by atoms with Crippen molar-refractivity contribution < 1.29 is 19.1 Å². The Balaban J connectivity index is 1.30. The molecule has 36 heavy (non-hydrogen) atoms. The molecule has 3 heterocycles. The topological polar surface area (TPSA) is 131 Å². The summed E-state index contributed by atoms with van der Waals surface area (Å²) in [4.78, 5) is 48.8. The Bertz CT molecular complexity index is 1060. The quantitative estimate of drug-likeness (QED) is 0.363. The molecule has 4 fully saturated rings. The first kappa shape index (κ1) is 24.5. The molecule has 0 unspecified atom stereocenters. The number of carbonyl (C=O) groups is 3. The monoisotopic (exact) mass is 495 g/mol. The summed E-state index contributed by atoms with van der Waals surface area (Å²) in [7, 11) is 0. The highest BCUT2D eigenvalue weighted by Gasteiger charge is 2.56. The van der Waals surface area contributed by atoms with E-state index in [1.807, 2.05) is 24.3 Å². The minimum Gasteiger partial charge on any atom is -0.369 e. The number of rotatable bonds is 6. The number of likely N-dealkylation sites (tertiary alicyclic amines) is 1. The van der Waals surface area contributed by atoms with Crippen LogP contribution in [-0.2, 0) is 14.3 Å². The molecule has 11 nitrogen and oxygen atoms in total. The van der Waals surface area contributed by atoms with E-state index >= 15 is 0 Å². The summed E-state index contributed by atoms with van der Waals surface area (Å²) in [6.07, 6.45) is 2.00. The van der Waals surface area contributed by atoms with Crippen molar-refractivity contribution in [1.29, 1.82) is 0 Å². The molecule has 3 aliphatic heterocycles. The van der Waals surface area contributed by atoms with E-state index in [0.29, 0.717) is 18.4 Å². The molecule has 1 aliphatic carbocycles. The number of hydrogen-bond donors (Lipinski definition) is 1. The number of hydrogen-bond acceptors (Lipinski definition) is 7. The zero-order valence-electron chi connectivity index (χ0n) is 20.6. The number of azide groups is 1. The maximum atomic E-state index is 13.8. The normalized spacial score (nSPS) is 27.6. The minimum atomic E-state index is -1.08. The van der Waals surface area contributed by atoms with E-state index in [9.17, 15) is 14.4 Å². The van der Waals surface area contributed by atoms with E-state index in [1.165, 1.54) is 4.90 Å². The van der Waals surface area contributed by atoms with Crippen molar-refractivity contribution in [2.75, 3.05) is 50.8 Å². The van der Waals surface area contributed by atoms with Crippen molar-refractivity contribution in [1.82, 2.24) is 15.1 Å². The molecule has 192 valence electrons. The molecule has 0 spiro atoms. The van der Waals surface area contributed by atoms with Crippen LogP contribution in [0.2, 0.25) is 0 Å². The van der Waals surface area contributed by atoms with Crippen LogP contribution in [0.5, 0.6) is 0 Å². The Morgan fingerprint density at radius 3 is 2.50 bits per heavy atom. The SMILES string of the molecule is CCN1CCN(c2ccc(C(=O)NC3(C(=O)N4C[C@H](N=[N+]=[N-])[C@H]5OCC(=O)[C@H]54)CCCC3)cc2)CC1. The number of ether oxygens (including phenoxy) is 1. The molecule has 5 rings (SSSR count). The van der Waals surface area contributed by atoms with Crippen LogP contribution in [0.25, 0.3) is 10.4 Å². The van der Waals surface area contributed by atoms with Crippen LogP contribution in [0.15, 0.2) is 29.4 Å². The van der Waals surface area contributed by atoms with Crippen molar-refractivity contribution in [2.24, 2.45) is 5.11 Å². The molecule has 0 radical (unpaired) electrons. The third kappa shape index (κ3) is 4.42. The van der Waals surface area contributed by atoms with Crippen LogP contribution >= 0.6 is 0 Å². The van der Waals surface area contributed by atoms with Gasteiger partial charge in [0.15, 0.2) is 5.78 Å². The molecule has 4 aliphatic rings. The fraction of sp³-hybridized carbons (Fsp3) is 0.640. The van der Waals surface area contributed by atoms with E-state index in [1.54, 1.807) is 0 Å². The van der Waals surface area contributed by atoms with Crippen LogP contribution in [0.3, 0.4) is 0 Å². The number of likely N-dealkylation sites (N-methyl/N-ethyl adjacent to an activating group) is 1. The molecular weight excluding hydrogens is 462 g/mol. The van der Waals surface area contributed by atoms with Crippen LogP contribution in [0.1, 0.15) is 43.0 Å². The van der Waals surface area contributed by atoms with Crippen molar-refractivity contribution in [3.8, 4) is 0 Å². The lowest BCUT2D eigenvalue weighted by Crippen LogP contribution is -2.60. The lowest BCUT2D eigenvalue weighted by molar-refractivity contribution is -0.142. The molecule has 11 heteroatoms. The summed E-state index contributed by atoms with van der Waals surface area (Å²) in [5.74, 6) is -0.786. The number of piperazine rings is 1. The van der Waals surface area contributed by atoms with Gasteiger partial charge in [-0.1, -0.05) is 24.9 Å². The van der Waals surface area contributed by atoms with E-state index in [-0.39, 0.29) is 30.7 Å². The van der Waals surface area contributed by atoms with Crippen molar-refractivity contribution >= 4 is 23.3 Å². The molecule has 1 aromatic carbocycles. The predicted molar refractivity (Wildman–Crippen MR) is 133 cm³/mol. The Kier molecular flexibility index (Phi) is 6.87. The molecule has 0 aromatic heterocycles. The van der Waals surface area contributed by atoms with Gasteiger partial charge in [0.2, 0.25) is 5.91 Å². The average Bonchev–Trinajstić information content (AvgIpc) is 3.62. The molecule has 1 N–H and O–H groups in total. The van der Waals surface area contributed by atoms with Crippen molar-refractivity contribution in [3.63, 3.8) is 0 Å². The predicted octanol–water partition coefficient (Wildman–Crippen LogP) is 1.73. The van der Waals surface area contributed by atoms with Crippen LogP contribution in [0, 0.1) is 0 Å². The number of ketones is 1. The zero-order chi connectivity index (χ0) is 25.3. The Morgan fingerprint density at radius 2 is 1.86 bits per heavy atom. The van der Waals surface area contributed by atoms with Gasteiger partial charge in [0.1, 0.15) is 18.2 Å². The number of anilines is 1. The largest absolute Gasteiger partial charge is 0.369 e. The highest BCUT2D eigenvalue weighted by atomic mass is 16.5. The Labute approximate surface area is 210 Å². The second-order valence-electron chi connectivity index (χ2n) is 10.1. The Hall–Kier alpha value is -3.14. The highest BCUT2D eigenvalue weighted by molar-refractivity contribution is 6.01. The van der Waals surface area contributed by atoms with Gasteiger partial charge in [0, 0.05) is 48.9 Å². The summed E-state index contributed by atoms with van der Waals surface area (Å²) < 4.78 is 5.55. The molecule has 0 bridgehead atoms. The maximum absolute atomic E-state index is 13.8. The first-order chi connectivity index (χ1) is 17.5. The van der Waals surface area contributed by atoms with Gasteiger partial charge in [-0.2, -0.15) is 0 Å². The van der Waals surface area contributed by atoms with E-state index in [2.05, 4.69) is 32.1 Å². The van der Waals surface area contributed by atoms with Crippen LogP contribution in [-0.4, -0.2) is 97.0 Å². The fourth-order valence-corrected chi connectivity index (χ4v) is 6.09. The van der Waals surface area contributed by atoms with E-state index < -0.39 is 23.7 Å². The van der Waals surface area contributed by atoms with Crippen LogP contribution < -0.4 is 10.2 Å². The van der Waals surface area contributed by atoms with Gasteiger partial charge in [0.05, 0.1) is 12.1 Å². The first-order valence-corrected chi connectivity index (χ1v) is 12.9. The first-order valence-electron chi connectivity index (χ1n) is 12.9. The van der Waals surface area contributed by atoms with Gasteiger partial charge < -0.3 is 24.8 Å². The average molecular weight is 496 g/mol. The van der Waals surface area contributed by atoms with Crippen molar-refractivity contribution in [3.05, 3.63) is 40.3 Å².